The van der Waals surface area contributed by atoms with Crippen LogP contribution in [0.5, 0.6) is 0 Å². The lowest BCUT2D eigenvalue weighted by Crippen LogP contribution is -2.38. The maximum atomic E-state index is 13.6. The molecule has 0 spiro atoms. The number of halogens is 2. The summed E-state index contributed by atoms with van der Waals surface area (Å²) in [6.07, 6.45) is 0.695. The smallest absolute Gasteiger partial charge is 0.256 e. The molecular formula is C18H18ClFN2O2. The second kappa shape index (κ2) is 8.45. The summed E-state index contributed by atoms with van der Waals surface area (Å²) in [6, 6.07) is 12.0. The van der Waals surface area contributed by atoms with Crippen LogP contribution in [0.2, 0.25) is 5.02 Å². The van der Waals surface area contributed by atoms with Crippen LogP contribution in [0.15, 0.2) is 42.5 Å². The van der Waals surface area contributed by atoms with Crippen LogP contribution < -0.4 is 10.6 Å². The maximum Gasteiger partial charge on any atom is 0.256 e. The largest absolute Gasteiger partial charge is 0.354 e. The van der Waals surface area contributed by atoms with E-state index in [1.807, 2.05) is 31.2 Å². The number of benzene rings is 2. The minimum absolute atomic E-state index is 0.00681. The second-order valence-electron chi connectivity index (χ2n) is 5.37. The summed E-state index contributed by atoms with van der Waals surface area (Å²) in [5.74, 6) is -1.78. The van der Waals surface area contributed by atoms with Gasteiger partial charge < -0.3 is 10.6 Å². The highest BCUT2D eigenvalue weighted by molar-refractivity contribution is 6.33. The van der Waals surface area contributed by atoms with Gasteiger partial charge in [0.05, 0.1) is 17.1 Å². The molecule has 0 saturated carbocycles. The van der Waals surface area contributed by atoms with Gasteiger partial charge in [-0.2, -0.15) is 0 Å². The first-order valence-electron chi connectivity index (χ1n) is 7.52. The number of carbonyl (C=O) groups excluding carboxylic acids is 2. The van der Waals surface area contributed by atoms with Crippen LogP contribution in [-0.2, 0) is 11.2 Å². The second-order valence-corrected chi connectivity index (χ2v) is 5.78. The fourth-order valence-corrected chi connectivity index (χ4v) is 2.49. The average Bonchev–Trinajstić information content (AvgIpc) is 2.53. The molecule has 2 N–H and O–H groups in total. The molecule has 0 atom stereocenters. The van der Waals surface area contributed by atoms with E-state index in [2.05, 4.69) is 10.6 Å². The summed E-state index contributed by atoms with van der Waals surface area (Å²) in [5, 5.41) is 5.08. The number of nitrogens with one attached hydrogen (secondary N) is 2. The third-order valence-corrected chi connectivity index (χ3v) is 3.73. The van der Waals surface area contributed by atoms with E-state index in [-0.39, 0.29) is 23.0 Å². The van der Waals surface area contributed by atoms with E-state index in [9.17, 15) is 14.0 Å². The molecule has 0 aliphatic heterocycles. The number of carbonyl (C=O) groups is 2. The van der Waals surface area contributed by atoms with Gasteiger partial charge in [-0.25, -0.2) is 4.39 Å². The summed E-state index contributed by atoms with van der Waals surface area (Å²) < 4.78 is 13.6. The zero-order valence-electron chi connectivity index (χ0n) is 13.2. The Kier molecular flexibility index (Phi) is 6.32. The molecule has 0 aliphatic carbocycles. The Bertz CT molecular complexity index is 729. The average molecular weight is 349 g/mol. The van der Waals surface area contributed by atoms with E-state index < -0.39 is 11.7 Å². The molecule has 0 radical (unpaired) electrons. The quantitative estimate of drug-likeness (QED) is 0.843. The number of amides is 2. The van der Waals surface area contributed by atoms with E-state index >= 15 is 0 Å². The zero-order valence-corrected chi connectivity index (χ0v) is 14.0. The minimum atomic E-state index is -0.722. The molecule has 2 amide bonds. The highest BCUT2D eigenvalue weighted by Gasteiger charge is 2.16. The molecule has 6 heteroatoms. The molecule has 0 heterocycles. The molecular weight excluding hydrogens is 331 g/mol. The number of hydrogen-bond acceptors (Lipinski definition) is 2. The van der Waals surface area contributed by atoms with Crippen molar-refractivity contribution >= 4 is 23.4 Å². The Hall–Kier alpha value is -2.40. The molecule has 4 nitrogen and oxygen atoms in total. The van der Waals surface area contributed by atoms with E-state index in [4.69, 9.17) is 11.6 Å². The van der Waals surface area contributed by atoms with Crippen LogP contribution in [0.25, 0.3) is 0 Å². The van der Waals surface area contributed by atoms with Crippen molar-refractivity contribution in [3.8, 4) is 0 Å². The van der Waals surface area contributed by atoms with Crippen LogP contribution in [-0.4, -0.2) is 24.9 Å². The van der Waals surface area contributed by atoms with Crippen LogP contribution >= 0.6 is 11.6 Å². The van der Waals surface area contributed by atoms with Crippen molar-refractivity contribution in [1.82, 2.24) is 10.6 Å². The summed E-state index contributed by atoms with van der Waals surface area (Å²) in [5.41, 5.74) is 2.03. The molecule has 24 heavy (non-hydrogen) atoms. The van der Waals surface area contributed by atoms with Gasteiger partial charge in [-0.05, 0) is 31.0 Å². The lowest BCUT2D eigenvalue weighted by molar-refractivity contribution is -0.120. The minimum Gasteiger partial charge on any atom is -0.354 e. The standard InChI is InChI=1S/C18H18ClFN2O2/c1-12-4-2-5-13(10-12)8-9-21-16(23)11-22-18(24)17-14(19)6-3-7-15(17)20/h2-7,10H,8-9,11H2,1H3,(H,21,23)(H,22,24). The molecule has 0 aliphatic rings. The predicted molar refractivity (Wildman–Crippen MR) is 91.6 cm³/mol. The summed E-state index contributed by atoms with van der Waals surface area (Å²) in [7, 11) is 0. The SMILES string of the molecule is Cc1cccc(CCNC(=O)CNC(=O)c2c(F)cccc2Cl)c1. The molecule has 0 saturated heterocycles. The molecule has 2 aromatic carbocycles. The summed E-state index contributed by atoms with van der Waals surface area (Å²) in [4.78, 5) is 23.7. The Labute approximate surface area is 145 Å². The zero-order chi connectivity index (χ0) is 17.5. The maximum absolute atomic E-state index is 13.6. The van der Waals surface area contributed by atoms with E-state index in [1.54, 1.807) is 0 Å². The third kappa shape index (κ3) is 5.06. The molecule has 0 bridgehead atoms. The molecule has 2 rings (SSSR count). The first-order chi connectivity index (χ1) is 11.5. The van der Waals surface area contributed by atoms with Crippen molar-refractivity contribution in [3.05, 3.63) is 70.0 Å². The van der Waals surface area contributed by atoms with Gasteiger partial charge in [-0.1, -0.05) is 47.5 Å². The van der Waals surface area contributed by atoms with Gasteiger partial charge in [0.2, 0.25) is 5.91 Å². The highest BCUT2D eigenvalue weighted by Crippen LogP contribution is 2.18. The van der Waals surface area contributed by atoms with Crippen LogP contribution in [0.4, 0.5) is 4.39 Å². The van der Waals surface area contributed by atoms with Crippen LogP contribution in [0.1, 0.15) is 21.5 Å². The Morgan fingerprint density at radius 2 is 1.88 bits per heavy atom. The highest BCUT2D eigenvalue weighted by atomic mass is 35.5. The van der Waals surface area contributed by atoms with Crippen molar-refractivity contribution in [2.45, 2.75) is 13.3 Å². The van der Waals surface area contributed by atoms with Gasteiger partial charge in [-0.15, -0.1) is 0 Å². The van der Waals surface area contributed by atoms with Crippen LogP contribution in [0.3, 0.4) is 0 Å². The van der Waals surface area contributed by atoms with E-state index in [0.29, 0.717) is 13.0 Å². The van der Waals surface area contributed by atoms with Crippen molar-refractivity contribution in [2.24, 2.45) is 0 Å². The van der Waals surface area contributed by atoms with Crippen LogP contribution in [0, 0.1) is 12.7 Å². The fraction of sp³-hybridized carbons (Fsp3) is 0.222. The first-order valence-corrected chi connectivity index (χ1v) is 7.89. The lowest BCUT2D eigenvalue weighted by atomic mass is 10.1. The Morgan fingerprint density at radius 1 is 1.12 bits per heavy atom. The van der Waals surface area contributed by atoms with E-state index in [0.717, 1.165) is 17.2 Å². The fourth-order valence-electron chi connectivity index (χ4n) is 2.24. The summed E-state index contributed by atoms with van der Waals surface area (Å²) >= 11 is 5.80. The van der Waals surface area contributed by atoms with Crippen molar-refractivity contribution in [3.63, 3.8) is 0 Å². The first kappa shape index (κ1) is 17.9. The number of rotatable bonds is 6. The molecule has 0 unspecified atom stereocenters. The topological polar surface area (TPSA) is 58.2 Å². The molecule has 126 valence electrons. The summed E-state index contributed by atoms with van der Waals surface area (Å²) in [6.45, 7) is 2.22. The van der Waals surface area contributed by atoms with Crippen molar-refractivity contribution in [1.29, 1.82) is 0 Å². The number of aryl methyl sites for hydroxylation is 1. The van der Waals surface area contributed by atoms with Gasteiger partial charge in [0.1, 0.15) is 5.82 Å². The molecule has 0 aromatic heterocycles. The van der Waals surface area contributed by atoms with Crippen molar-refractivity contribution in [2.75, 3.05) is 13.1 Å². The van der Waals surface area contributed by atoms with Gasteiger partial charge in [0.15, 0.2) is 0 Å². The Balaban J connectivity index is 1.78. The molecule has 0 fully saturated rings. The lowest BCUT2D eigenvalue weighted by Gasteiger charge is -2.09. The van der Waals surface area contributed by atoms with Gasteiger partial charge in [-0.3, -0.25) is 9.59 Å². The molecule has 2 aromatic rings. The van der Waals surface area contributed by atoms with Gasteiger partial charge >= 0.3 is 0 Å². The number of hydrogen-bond donors (Lipinski definition) is 2. The Morgan fingerprint density at radius 3 is 2.58 bits per heavy atom. The van der Waals surface area contributed by atoms with Crippen molar-refractivity contribution < 1.29 is 14.0 Å². The van der Waals surface area contributed by atoms with E-state index in [1.165, 1.54) is 12.1 Å². The predicted octanol–water partition coefficient (Wildman–Crippen LogP) is 2.88. The van der Waals surface area contributed by atoms with Gasteiger partial charge in [0, 0.05) is 6.54 Å². The third-order valence-electron chi connectivity index (χ3n) is 3.42. The van der Waals surface area contributed by atoms with Gasteiger partial charge in [0.25, 0.3) is 5.91 Å². The normalized spacial score (nSPS) is 10.3. The monoisotopic (exact) mass is 348 g/mol.